The molecule has 2 nitrogen and oxygen atoms in total. The van der Waals surface area contributed by atoms with Gasteiger partial charge in [0.1, 0.15) is 0 Å². The fourth-order valence-corrected chi connectivity index (χ4v) is 2.29. The molecule has 0 N–H and O–H groups in total. The van der Waals surface area contributed by atoms with Gasteiger partial charge < -0.3 is 9.62 Å². The molecule has 0 aromatic heterocycles. The Labute approximate surface area is 111 Å². The Balaban J connectivity index is 4.24. The van der Waals surface area contributed by atoms with Crippen molar-refractivity contribution < 1.29 is 0 Å². The molecule has 0 aromatic rings. The fourth-order valence-electron chi connectivity index (χ4n) is 1.57. The molecule has 0 unspecified atom stereocenters. The molecule has 0 aliphatic rings. The number of rotatable bonds is 8. The largest absolute Gasteiger partial charge is 0.356 e. The third kappa shape index (κ3) is 5.62. The van der Waals surface area contributed by atoms with Crippen molar-refractivity contribution in [3.05, 3.63) is 12.0 Å². The monoisotopic (exact) mass is 262 g/mol. The van der Waals surface area contributed by atoms with E-state index in [1.807, 2.05) is 12.0 Å². The van der Waals surface area contributed by atoms with E-state index in [1.165, 1.54) is 0 Å². The summed E-state index contributed by atoms with van der Waals surface area (Å²) in [6.07, 6.45) is -0.126. The summed E-state index contributed by atoms with van der Waals surface area (Å²) in [5, 5.41) is 0. The Hall–Kier alpha value is 0.370. The van der Waals surface area contributed by atoms with Crippen LogP contribution in [0.4, 0.5) is 0 Å². The zero-order valence-corrected chi connectivity index (χ0v) is 12.3. The van der Waals surface area contributed by atoms with Crippen LogP contribution in [-0.4, -0.2) is 48.3 Å². The smallest absolute Gasteiger partial charge is 0.325 e. The number of hydrogen-bond donors (Lipinski definition) is 0. The number of hydrogen-bond acceptors (Lipinski definition) is 2. The van der Waals surface area contributed by atoms with Crippen LogP contribution in [0, 0.1) is 0 Å². The Morgan fingerprint density at radius 3 is 1.19 bits per heavy atom. The van der Waals surface area contributed by atoms with E-state index in [-0.39, 0.29) is 12.5 Å². The van der Waals surface area contributed by atoms with Crippen molar-refractivity contribution in [2.75, 3.05) is 26.2 Å². The SMILES string of the molecule is CCN(CC)B(Cl)/C=C\B(Cl)N(CC)CC. The molecule has 0 aromatic carbocycles. The average molecular weight is 263 g/mol. The number of nitrogens with zero attached hydrogens (tertiary/aromatic N) is 2. The lowest BCUT2D eigenvalue weighted by molar-refractivity contribution is 0.492. The molecule has 16 heavy (non-hydrogen) atoms. The molecule has 0 bridgehead atoms. The summed E-state index contributed by atoms with van der Waals surface area (Å²) in [6.45, 7) is 12.2. The second-order valence-corrected chi connectivity index (χ2v) is 4.47. The second-order valence-electron chi connectivity index (χ2n) is 3.57. The van der Waals surface area contributed by atoms with Crippen LogP contribution in [0.5, 0.6) is 0 Å². The first-order valence-electron chi connectivity index (χ1n) is 6.05. The van der Waals surface area contributed by atoms with Crippen LogP contribution in [0.15, 0.2) is 12.0 Å². The predicted molar refractivity (Wildman–Crippen MR) is 78.2 cm³/mol. The van der Waals surface area contributed by atoms with E-state index < -0.39 is 0 Å². The Kier molecular flexibility index (Phi) is 9.62. The van der Waals surface area contributed by atoms with Crippen molar-refractivity contribution in [1.82, 2.24) is 9.62 Å². The summed E-state index contributed by atoms with van der Waals surface area (Å²) in [5.74, 6) is 3.95. The van der Waals surface area contributed by atoms with Gasteiger partial charge in [-0.1, -0.05) is 39.6 Å². The molecule has 0 radical (unpaired) electrons. The van der Waals surface area contributed by atoms with E-state index in [0.29, 0.717) is 0 Å². The lowest BCUT2D eigenvalue weighted by atomic mass is 9.79. The van der Waals surface area contributed by atoms with Crippen molar-refractivity contribution in [2.24, 2.45) is 0 Å². The summed E-state index contributed by atoms with van der Waals surface area (Å²) in [7, 11) is 0. The van der Waals surface area contributed by atoms with Gasteiger partial charge in [0.15, 0.2) is 0 Å². The van der Waals surface area contributed by atoms with E-state index in [0.717, 1.165) is 26.2 Å². The van der Waals surface area contributed by atoms with Gasteiger partial charge in [-0.25, -0.2) is 0 Å². The Bertz CT molecular complexity index is 177. The van der Waals surface area contributed by atoms with Gasteiger partial charge in [-0.2, -0.15) is 22.9 Å². The zero-order chi connectivity index (χ0) is 12.6. The predicted octanol–water partition coefficient (Wildman–Crippen LogP) is 2.76. The minimum atomic E-state index is -0.0631. The van der Waals surface area contributed by atoms with Gasteiger partial charge in [0.05, 0.1) is 0 Å². The molecule has 0 fully saturated rings. The highest BCUT2D eigenvalue weighted by molar-refractivity contribution is 7.11. The summed E-state index contributed by atoms with van der Waals surface area (Å²) in [6, 6.07) is 0. The third-order valence-electron chi connectivity index (χ3n) is 2.75. The maximum atomic E-state index is 6.24. The van der Waals surface area contributed by atoms with Crippen molar-refractivity contribution in [3.63, 3.8) is 0 Å². The van der Waals surface area contributed by atoms with Crippen LogP contribution in [-0.2, 0) is 0 Å². The van der Waals surface area contributed by atoms with E-state index in [9.17, 15) is 0 Å². The third-order valence-corrected chi connectivity index (χ3v) is 3.59. The Morgan fingerprint density at radius 1 is 0.750 bits per heavy atom. The molecular formula is C10H22B2Cl2N2. The molecule has 0 atom stereocenters. The first-order valence-corrected chi connectivity index (χ1v) is 6.92. The molecule has 0 saturated carbocycles. The van der Waals surface area contributed by atoms with E-state index in [2.05, 4.69) is 37.3 Å². The zero-order valence-electron chi connectivity index (χ0n) is 10.8. The van der Waals surface area contributed by atoms with Crippen LogP contribution in [0.3, 0.4) is 0 Å². The van der Waals surface area contributed by atoms with Crippen LogP contribution < -0.4 is 0 Å². The summed E-state index contributed by atoms with van der Waals surface area (Å²) < 4.78 is 0. The topological polar surface area (TPSA) is 6.48 Å². The van der Waals surface area contributed by atoms with Gasteiger partial charge in [-0.05, 0) is 26.2 Å². The highest BCUT2D eigenvalue weighted by atomic mass is 35.5. The molecule has 0 aliphatic carbocycles. The highest BCUT2D eigenvalue weighted by Gasteiger charge is 2.18. The lowest BCUT2D eigenvalue weighted by Crippen LogP contribution is -2.36. The Morgan fingerprint density at radius 2 is 1.00 bits per heavy atom. The molecule has 0 spiro atoms. The maximum Gasteiger partial charge on any atom is 0.356 e. The standard InChI is InChI=1S/C10H22B2Cl2N2/c1-5-15(6-2)11(13)9-10-12(14)16(7-3)8-4/h9-10H,5-8H2,1-4H3/b10-9-. The van der Waals surface area contributed by atoms with Crippen molar-refractivity contribution in [3.8, 4) is 0 Å². The summed E-state index contributed by atoms with van der Waals surface area (Å²) >= 11 is 12.5. The van der Waals surface area contributed by atoms with Gasteiger partial charge in [0.25, 0.3) is 0 Å². The number of halogens is 2. The van der Waals surface area contributed by atoms with Crippen molar-refractivity contribution >= 4 is 35.4 Å². The molecule has 6 heteroatoms. The van der Waals surface area contributed by atoms with Crippen molar-refractivity contribution in [2.45, 2.75) is 27.7 Å². The van der Waals surface area contributed by atoms with Crippen LogP contribution in [0.1, 0.15) is 27.7 Å². The van der Waals surface area contributed by atoms with E-state index in [1.54, 1.807) is 0 Å². The van der Waals surface area contributed by atoms with Gasteiger partial charge in [0, 0.05) is 0 Å². The molecule has 0 saturated heterocycles. The molecular weight excluding hydrogens is 241 g/mol. The summed E-state index contributed by atoms with van der Waals surface area (Å²) in [4.78, 5) is 4.34. The normalized spacial score (nSPS) is 11.8. The fraction of sp³-hybridized carbons (Fsp3) is 0.800. The first-order chi connectivity index (χ1) is 7.60. The maximum absolute atomic E-state index is 6.24. The second kappa shape index (κ2) is 9.41. The van der Waals surface area contributed by atoms with Crippen LogP contribution in [0.2, 0.25) is 0 Å². The van der Waals surface area contributed by atoms with Gasteiger partial charge in [-0.3, -0.25) is 0 Å². The molecule has 92 valence electrons. The minimum Gasteiger partial charge on any atom is -0.325 e. The van der Waals surface area contributed by atoms with Gasteiger partial charge in [0.2, 0.25) is 0 Å². The van der Waals surface area contributed by atoms with Crippen LogP contribution in [0.25, 0.3) is 0 Å². The molecule has 0 amide bonds. The first kappa shape index (κ1) is 16.4. The highest BCUT2D eigenvalue weighted by Crippen LogP contribution is 2.05. The lowest BCUT2D eigenvalue weighted by Gasteiger charge is -2.21. The molecule has 0 rings (SSSR count). The van der Waals surface area contributed by atoms with Crippen molar-refractivity contribution in [1.29, 1.82) is 0 Å². The average Bonchev–Trinajstić information content (AvgIpc) is 2.29. The van der Waals surface area contributed by atoms with Gasteiger partial charge in [-0.15, -0.1) is 0 Å². The van der Waals surface area contributed by atoms with Crippen LogP contribution >= 0.6 is 22.9 Å². The quantitative estimate of drug-likeness (QED) is 0.621. The minimum absolute atomic E-state index is 0.0631. The van der Waals surface area contributed by atoms with E-state index in [4.69, 9.17) is 22.9 Å². The van der Waals surface area contributed by atoms with Gasteiger partial charge >= 0.3 is 12.5 Å². The molecule has 0 heterocycles. The summed E-state index contributed by atoms with van der Waals surface area (Å²) in [5.41, 5.74) is 0. The van der Waals surface area contributed by atoms with E-state index >= 15 is 0 Å². The molecule has 0 aliphatic heterocycles.